The number of nitrogens with one attached hydrogen (secondary N) is 1. The van der Waals surface area contributed by atoms with E-state index >= 15 is 0 Å². The molecule has 0 radical (unpaired) electrons. The fraction of sp³-hybridized carbons (Fsp3) is 0.522. The third-order valence-electron chi connectivity index (χ3n) is 8.61. The number of para-hydroxylation sites is 1. The number of fused-ring (bicyclic) bond motifs is 7. The Hall–Kier alpha value is -1.87. The number of aromatic amines is 1. The molecule has 0 saturated heterocycles. The smallest absolute Gasteiger partial charge is 0.163 e. The topological polar surface area (TPSA) is 53.1 Å². The van der Waals surface area contributed by atoms with E-state index in [1.165, 1.54) is 22.2 Å². The van der Waals surface area contributed by atoms with Gasteiger partial charge in [-0.2, -0.15) is 0 Å². The molecule has 1 aromatic heterocycles. The highest BCUT2D eigenvalue weighted by Gasteiger charge is 2.71. The summed E-state index contributed by atoms with van der Waals surface area (Å²) in [5, 5.41) is 13.3. The molecule has 1 aromatic carbocycles. The summed E-state index contributed by atoms with van der Waals surface area (Å²) in [6, 6.07) is 8.49. The number of allylic oxidation sites excluding steroid dienone is 1. The fourth-order valence-corrected chi connectivity index (χ4v) is 6.58. The standard InChI is InChI=1S/C23H27NO2/c1-20(2)18(25)10-11-21(3)22(4)14(9-12-23(20,21)26)13-16-15-7-5-6-8-17(15)24-19(16)22/h5-8,10-11,14,24,26H,9,12-13H2,1-4H3. The van der Waals surface area contributed by atoms with Crippen molar-refractivity contribution in [3.63, 3.8) is 0 Å². The number of rotatable bonds is 0. The zero-order valence-corrected chi connectivity index (χ0v) is 16.0. The van der Waals surface area contributed by atoms with Crippen molar-refractivity contribution in [2.24, 2.45) is 16.7 Å². The highest BCUT2D eigenvalue weighted by molar-refractivity contribution is 5.97. The lowest BCUT2D eigenvalue weighted by atomic mass is 9.41. The summed E-state index contributed by atoms with van der Waals surface area (Å²) < 4.78 is 0. The van der Waals surface area contributed by atoms with Gasteiger partial charge in [0.2, 0.25) is 0 Å². The molecule has 26 heavy (non-hydrogen) atoms. The van der Waals surface area contributed by atoms with Gasteiger partial charge in [0.25, 0.3) is 0 Å². The van der Waals surface area contributed by atoms with Crippen LogP contribution in [-0.2, 0) is 16.6 Å². The molecule has 0 spiro atoms. The van der Waals surface area contributed by atoms with E-state index in [0.717, 1.165) is 12.8 Å². The monoisotopic (exact) mass is 349 g/mol. The van der Waals surface area contributed by atoms with E-state index in [0.29, 0.717) is 12.3 Å². The van der Waals surface area contributed by atoms with Crippen molar-refractivity contribution < 1.29 is 9.90 Å². The summed E-state index contributed by atoms with van der Waals surface area (Å²) in [4.78, 5) is 16.3. The second-order valence-electron chi connectivity index (χ2n) is 9.55. The molecule has 0 bridgehead atoms. The van der Waals surface area contributed by atoms with Gasteiger partial charge in [-0.25, -0.2) is 0 Å². The predicted molar refractivity (Wildman–Crippen MR) is 103 cm³/mol. The molecule has 3 aliphatic rings. The normalized spacial score (nSPS) is 40.3. The van der Waals surface area contributed by atoms with E-state index in [9.17, 15) is 9.90 Å². The molecule has 0 amide bonds. The predicted octanol–water partition coefficient (Wildman–Crippen LogP) is 4.29. The Bertz CT molecular complexity index is 983. The van der Waals surface area contributed by atoms with E-state index in [1.54, 1.807) is 6.08 Å². The summed E-state index contributed by atoms with van der Waals surface area (Å²) >= 11 is 0. The van der Waals surface area contributed by atoms with Crippen LogP contribution in [0.2, 0.25) is 0 Å². The van der Waals surface area contributed by atoms with Crippen molar-refractivity contribution in [1.29, 1.82) is 0 Å². The van der Waals surface area contributed by atoms with Crippen molar-refractivity contribution in [2.75, 3.05) is 0 Å². The average molecular weight is 349 g/mol. The Morgan fingerprint density at radius 1 is 1.15 bits per heavy atom. The van der Waals surface area contributed by atoms with Crippen LogP contribution in [0.15, 0.2) is 36.4 Å². The van der Waals surface area contributed by atoms with Crippen LogP contribution in [0.3, 0.4) is 0 Å². The van der Waals surface area contributed by atoms with Gasteiger partial charge < -0.3 is 10.1 Å². The molecule has 4 atom stereocenters. The summed E-state index contributed by atoms with van der Waals surface area (Å²) in [5.74, 6) is 0.515. The quantitative estimate of drug-likeness (QED) is 0.745. The Morgan fingerprint density at radius 2 is 1.88 bits per heavy atom. The van der Waals surface area contributed by atoms with Crippen LogP contribution in [0.1, 0.15) is 51.8 Å². The minimum atomic E-state index is -1.05. The number of ketones is 1. The van der Waals surface area contributed by atoms with Crippen LogP contribution < -0.4 is 0 Å². The van der Waals surface area contributed by atoms with Crippen molar-refractivity contribution in [3.8, 4) is 0 Å². The number of aromatic nitrogens is 1. The number of hydrogen-bond acceptors (Lipinski definition) is 2. The van der Waals surface area contributed by atoms with Crippen LogP contribution in [0.5, 0.6) is 0 Å². The lowest BCUT2D eigenvalue weighted by Crippen LogP contribution is -2.70. The van der Waals surface area contributed by atoms with Crippen LogP contribution in [0.4, 0.5) is 0 Å². The van der Waals surface area contributed by atoms with Gasteiger partial charge in [-0.15, -0.1) is 0 Å². The minimum Gasteiger partial charge on any atom is -0.388 e. The van der Waals surface area contributed by atoms with Gasteiger partial charge in [0.15, 0.2) is 5.78 Å². The van der Waals surface area contributed by atoms with E-state index < -0.39 is 16.4 Å². The maximum Gasteiger partial charge on any atom is 0.163 e. The maximum absolute atomic E-state index is 12.6. The lowest BCUT2D eigenvalue weighted by Gasteiger charge is -2.64. The van der Waals surface area contributed by atoms with E-state index in [4.69, 9.17) is 0 Å². The Morgan fingerprint density at radius 3 is 2.65 bits per heavy atom. The number of carbonyl (C=O) groups is 1. The third-order valence-corrected chi connectivity index (χ3v) is 8.61. The summed E-state index contributed by atoms with van der Waals surface area (Å²) in [7, 11) is 0. The van der Waals surface area contributed by atoms with Crippen molar-refractivity contribution >= 4 is 16.7 Å². The average Bonchev–Trinajstić information content (AvgIpc) is 3.11. The summed E-state index contributed by atoms with van der Waals surface area (Å²) in [6.45, 7) is 8.31. The van der Waals surface area contributed by atoms with E-state index in [2.05, 4.69) is 43.1 Å². The molecule has 5 rings (SSSR count). The van der Waals surface area contributed by atoms with Crippen LogP contribution in [0.25, 0.3) is 10.9 Å². The van der Waals surface area contributed by atoms with Crippen LogP contribution in [0, 0.1) is 16.7 Å². The summed E-state index contributed by atoms with van der Waals surface area (Å²) in [6.07, 6.45) is 6.42. The molecule has 3 heteroatoms. The second kappa shape index (κ2) is 4.51. The highest BCUT2D eigenvalue weighted by atomic mass is 16.3. The van der Waals surface area contributed by atoms with Gasteiger partial charge >= 0.3 is 0 Å². The van der Waals surface area contributed by atoms with Crippen molar-refractivity contribution in [3.05, 3.63) is 47.7 Å². The number of H-pyrrole nitrogens is 1. The second-order valence-corrected chi connectivity index (χ2v) is 9.55. The van der Waals surface area contributed by atoms with Crippen LogP contribution >= 0.6 is 0 Å². The number of hydrogen-bond donors (Lipinski definition) is 2. The molecule has 0 aliphatic heterocycles. The summed E-state index contributed by atoms with van der Waals surface area (Å²) in [5.41, 5.74) is 1.30. The van der Waals surface area contributed by atoms with Gasteiger partial charge in [0.05, 0.1) is 11.0 Å². The first-order chi connectivity index (χ1) is 12.2. The first-order valence-electron chi connectivity index (χ1n) is 9.73. The molecule has 3 nitrogen and oxygen atoms in total. The first kappa shape index (κ1) is 16.3. The lowest BCUT2D eigenvalue weighted by molar-refractivity contribution is -0.202. The Kier molecular flexibility index (Phi) is 2.83. The molecule has 2 N–H and O–H groups in total. The fourth-order valence-electron chi connectivity index (χ4n) is 6.58. The maximum atomic E-state index is 12.6. The van der Waals surface area contributed by atoms with E-state index in [-0.39, 0.29) is 11.2 Å². The van der Waals surface area contributed by atoms with Gasteiger partial charge in [0, 0.05) is 27.4 Å². The Balaban J connectivity index is 1.81. The SMILES string of the molecule is CC1(C)C(=O)C=CC2(C)C3(C)c4[nH]c5ccccc5c4CC3CCC12O. The number of carbonyl (C=O) groups excluding carboxylic acids is 1. The molecule has 136 valence electrons. The minimum absolute atomic E-state index is 0.0365. The molecular formula is C23H27NO2. The molecule has 1 saturated carbocycles. The highest BCUT2D eigenvalue weighted by Crippen LogP contribution is 2.68. The van der Waals surface area contributed by atoms with Gasteiger partial charge in [-0.05, 0) is 56.7 Å². The van der Waals surface area contributed by atoms with Crippen molar-refractivity contribution in [2.45, 2.75) is 58.0 Å². The molecule has 1 fully saturated rings. The van der Waals surface area contributed by atoms with Gasteiger partial charge in [0.1, 0.15) is 0 Å². The van der Waals surface area contributed by atoms with Gasteiger partial charge in [-0.1, -0.05) is 38.1 Å². The van der Waals surface area contributed by atoms with Crippen molar-refractivity contribution in [1.82, 2.24) is 4.98 Å². The molecule has 2 aromatic rings. The molecule has 1 heterocycles. The zero-order chi connectivity index (χ0) is 18.5. The largest absolute Gasteiger partial charge is 0.388 e. The zero-order valence-electron chi connectivity index (χ0n) is 16.0. The number of aliphatic hydroxyl groups is 1. The van der Waals surface area contributed by atoms with Gasteiger partial charge in [-0.3, -0.25) is 4.79 Å². The van der Waals surface area contributed by atoms with E-state index in [1.807, 2.05) is 19.9 Å². The Labute approximate surface area is 154 Å². The first-order valence-corrected chi connectivity index (χ1v) is 9.73. The molecular weight excluding hydrogens is 322 g/mol. The molecule has 4 unspecified atom stereocenters. The molecule has 3 aliphatic carbocycles. The number of benzene rings is 1. The van der Waals surface area contributed by atoms with Crippen LogP contribution in [-0.4, -0.2) is 21.5 Å². The third kappa shape index (κ3) is 1.46.